The van der Waals surface area contributed by atoms with Crippen molar-refractivity contribution in [3.8, 4) is 11.4 Å². The summed E-state index contributed by atoms with van der Waals surface area (Å²) in [4.78, 5) is 24.6. The summed E-state index contributed by atoms with van der Waals surface area (Å²) in [5, 5.41) is 11.9. The Morgan fingerprint density at radius 1 is 1.14 bits per heavy atom. The van der Waals surface area contributed by atoms with Gasteiger partial charge in [0.2, 0.25) is 5.91 Å². The lowest BCUT2D eigenvalue weighted by atomic mass is 9.95. The molecule has 0 spiro atoms. The Kier molecular flexibility index (Phi) is 5.93. The zero-order chi connectivity index (χ0) is 21.2. The second-order valence-electron chi connectivity index (χ2n) is 7.75. The van der Waals surface area contributed by atoms with Crippen molar-refractivity contribution in [1.29, 1.82) is 0 Å². The lowest BCUT2D eigenvalue weighted by Gasteiger charge is -2.17. The minimum absolute atomic E-state index is 0.0206. The van der Waals surface area contributed by atoms with Crippen molar-refractivity contribution in [2.24, 2.45) is 12.5 Å². The number of benzene rings is 1. The summed E-state index contributed by atoms with van der Waals surface area (Å²) >= 11 is 1.33. The predicted octanol–water partition coefficient (Wildman–Crippen LogP) is 4.34. The standard InChI is InChI=1S/C21H24N4O3S/c1-13-16(10-11-28-13)18-23-24-20(25(18)5)29-12-17(26)14-6-8-15(9-7-14)22-19(27)21(2,3)4/h6-11H,12H2,1-5H3,(H,22,27). The monoisotopic (exact) mass is 412 g/mol. The minimum atomic E-state index is -0.477. The summed E-state index contributed by atoms with van der Waals surface area (Å²) in [6, 6.07) is 8.77. The van der Waals surface area contributed by atoms with Crippen molar-refractivity contribution >= 4 is 29.1 Å². The van der Waals surface area contributed by atoms with Gasteiger partial charge in [0.05, 0.1) is 17.6 Å². The summed E-state index contributed by atoms with van der Waals surface area (Å²) in [6.07, 6.45) is 1.61. The number of anilines is 1. The zero-order valence-corrected chi connectivity index (χ0v) is 18.0. The number of carbonyl (C=O) groups excluding carboxylic acids is 2. The SMILES string of the molecule is Cc1occc1-c1nnc(SCC(=O)c2ccc(NC(=O)C(C)(C)C)cc2)n1C. The second-order valence-corrected chi connectivity index (χ2v) is 8.69. The van der Waals surface area contributed by atoms with Gasteiger partial charge < -0.3 is 14.3 Å². The van der Waals surface area contributed by atoms with E-state index in [1.807, 2.05) is 45.4 Å². The molecule has 8 heteroatoms. The number of carbonyl (C=O) groups is 2. The number of rotatable bonds is 6. The van der Waals surface area contributed by atoms with Crippen LogP contribution in [0.2, 0.25) is 0 Å². The van der Waals surface area contributed by atoms with Crippen molar-refractivity contribution in [1.82, 2.24) is 14.8 Å². The Hall–Kier alpha value is -2.87. The van der Waals surface area contributed by atoms with Crippen LogP contribution < -0.4 is 5.32 Å². The molecule has 0 saturated heterocycles. The maximum Gasteiger partial charge on any atom is 0.229 e. The molecule has 0 bridgehead atoms. The number of thioether (sulfide) groups is 1. The Morgan fingerprint density at radius 3 is 2.41 bits per heavy atom. The van der Waals surface area contributed by atoms with E-state index in [0.29, 0.717) is 22.2 Å². The fourth-order valence-corrected chi connectivity index (χ4v) is 3.37. The Labute approximate surface area is 173 Å². The van der Waals surface area contributed by atoms with Gasteiger partial charge in [0.1, 0.15) is 5.76 Å². The number of nitrogens with zero attached hydrogens (tertiary/aromatic N) is 3. The van der Waals surface area contributed by atoms with E-state index in [1.54, 1.807) is 30.5 Å². The third-order valence-electron chi connectivity index (χ3n) is 4.41. The third-order valence-corrected chi connectivity index (χ3v) is 5.43. The van der Waals surface area contributed by atoms with E-state index in [1.165, 1.54) is 11.8 Å². The number of furan rings is 1. The first kappa shape index (κ1) is 20.9. The number of nitrogens with one attached hydrogen (secondary N) is 1. The molecule has 3 aromatic rings. The van der Waals surface area contributed by atoms with E-state index in [4.69, 9.17) is 4.42 Å². The highest BCUT2D eigenvalue weighted by Crippen LogP contribution is 2.26. The molecule has 0 fully saturated rings. The highest BCUT2D eigenvalue weighted by Gasteiger charge is 2.21. The molecule has 0 radical (unpaired) electrons. The molecule has 7 nitrogen and oxygen atoms in total. The van der Waals surface area contributed by atoms with Gasteiger partial charge >= 0.3 is 0 Å². The van der Waals surface area contributed by atoms with Crippen LogP contribution in [0, 0.1) is 12.3 Å². The van der Waals surface area contributed by atoms with E-state index in [-0.39, 0.29) is 17.4 Å². The first-order valence-electron chi connectivity index (χ1n) is 9.18. The van der Waals surface area contributed by atoms with Gasteiger partial charge in [0.25, 0.3) is 0 Å². The van der Waals surface area contributed by atoms with E-state index in [9.17, 15) is 9.59 Å². The lowest BCUT2D eigenvalue weighted by molar-refractivity contribution is -0.123. The molecular formula is C21H24N4O3S. The van der Waals surface area contributed by atoms with E-state index < -0.39 is 5.41 Å². The van der Waals surface area contributed by atoms with Gasteiger partial charge in [0, 0.05) is 23.7 Å². The number of hydrogen-bond acceptors (Lipinski definition) is 6. The molecule has 0 atom stereocenters. The lowest BCUT2D eigenvalue weighted by Crippen LogP contribution is -2.27. The molecule has 0 aliphatic heterocycles. The molecule has 0 aliphatic rings. The average molecular weight is 413 g/mol. The number of amides is 1. The van der Waals surface area contributed by atoms with Crippen molar-refractivity contribution in [3.05, 3.63) is 47.9 Å². The summed E-state index contributed by atoms with van der Waals surface area (Å²) in [6.45, 7) is 7.42. The Balaban J connectivity index is 1.62. The van der Waals surface area contributed by atoms with Crippen molar-refractivity contribution in [2.75, 3.05) is 11.1 Å². The number of Topliss-reactive ketones (excluding diaryl/α,β-unsaturated/α-hetero) is 1. The summed E-state index contributed by atoms with van der Waals surface area (Å²) in [5.74, 6) is 1.62. The van der Waals surface area contributed by atoms with Crippen LogP contribution in [-0.2, 0) is 11.8 Å². The first-order chi connectivity index (χ1) is 13.7. The van der Waals surface area contributed by atoms with Gasteiger partial charge in [-0.3, -0.25) is 9.59 Å². The van der Waals surface area contributed by atoms with Gasteiger partial charge in [-0.25, -0.2) is 0 Å². The summed E-state index contributed by atoms with van der Waals surface area (Å²) < 4.78 is 7.17. The fraction of sp³-hybridized carbons (Fsp3) is 0.333. The van der Waals surface area contributed by atoms with Crippen LogP contribution in [0.4, 0.5) is 5.69 Å². The van der Waals surface area contributed by atoms with Crippen LogP contribution in [0.3, 0.4) is 0 Å². The second kappa shape index (κ2) is 8.24. The largest absolute Gasteiger partial charge is 0.469 e. The number of aryl methyl sites for hydroxylation is 1. The van der Waals surface area contributed by atoms with Crippen LogP contribution in [-0.4, -0.2) is 32.2 Å². The highest BCUT2D eigenvalue weighted by atomic mass is 32.2. The normalized spacial score (nSPS) is 11.5. The summed E-state index contributed by atoms with van der Waals surface area (Å²) in [5.41, 5.74) is 1.66. The van der Waals surface area contributed by atoms with E-state index in [2.05, 4.69) is 15.5 Å². The smallest absolute Gasteiger partial charge is 0.229 e. The van der Waals surface area contributed by atoms with E-state index >= 15 is 0 Å². The van der Waals surface area contributed by atoms with Crippen LogP contribution in [0.15, 0.2) is 46.2 Å². The Morgan fingerprint density at radius 2 is 1.83 bits per heavy atom. The molecule has 0 unspecified atom stereocenters. The molecular weight excluding hydrogens is 388 g/mol. The van der Waals surface area contributed by atoms with Crippen LogP contribution >= 0.6 is 11.8 Å². The molecule has 2 heterocycles. The van der Waals surface area contributed by atoms with Crippen molar-refractivity contribution in [2.45, 2.75) is 32.9 Å². The van der Waals surface area contributed by atoms with Crippen LogP contribution in [0.25, 0.3) is 11.4 Å². The van der Waals surface area contributed by atoms with Gasteiger partial charge in [-0.1, -0.05) is 32.5 Å². The number of aromatic nitrogens is 3. The minimum Gasteiger partial charge on any atom is -0.469 e. The number of hydrogen-bond donors (Lipinski definition) is 1. The third kappa shape index (κ3) is 4.76. The number of ketones is 1. The molecule has 2 aromatic heterocycles. The maximum absolute atomic E-state index is 12.5. The maximum atomic E-state index is 12.5. The fourth-order valence-electron chi connectivity index (χ4n) is 2.56. The molecule has 3 rings (SSSR count). The van der Waals surface area contributed by atoms with Gasteiger partial charge in [0.15, 0.2) is 16.8 Å². The average Bonchev–Trinajstić information content (AvgIpc) is 3.24. The molecule has 0 aliphatic carbocycles. The van der Waals surface area contributed by atoms with Crippen molar-refractivity contribution in [3.63, 3.8) is 0 Å². The zero-order valence-electron chi connectivity index (χ0n) is 17.1. The van der Waals surface area contributed by atoms with Crippen molar-refractivity contribution < 1.29 is 14.0 Å². The highest BCUT2D eigenvalue weighted by molar-refractivity contribution is 7.99. The topological polar surface area (TPSA) is 90.0 Å². The molecule has 1 N–H and O–H groups in total. The molecule has 0 saturated carbocycles. The molecule has 29 heavy (non-hydrogen) atoms. The van der Waals surface area contributed by atoms with Gasteiger partial charge in [-0.15, -0.1) is 10.2 Å². The quantitative estimate of drug-likeness (QED) is 0.478. The van der Waals surface area contributed by atoms with Crippen LogP contribution in [0.1, 0.15) is 36.9 Å². The molecule has 1 amide bonds. The Bertz CT molecular complexity index is 1030. The van der Waals surface area contributed by atoms with Gasteiger partial charge in [-0.2, -0.15) is 0 Å². The predicted molar refractivity (Wildman–Crippen MR) is 113 cm³/mol. The van der Waals surface area contributed by atoms with Crippen LogP contribution in [0.5, 0.6) is 0 Å². The molecule has 1 aromatic carbocycles. The van der Waals surface area contributed by atoms with E-state index in [0.717, 1.165) is 11.3 Å². The van der Waals surface area contributed by atoms with Gasteiger partial charge in [-0.05, 0) is 37.3 Å². The molecule has 152 valence electrons. The summed E-state index contributed by atoms with van der Waals surface area (Å²) in [7, 11) is 1.86. The first-order valence-corrected chi connectivity index (χ1v) is 10.2.